The zero-order valence-electron chi connectivity index (χ0n) is 19.7. The topological polar surface area (TPSA) is 58.6 Å². The summed E-state index contributed by atoms with van der Waals surface area (Å²) in [7, 11) is 0. The fourth-order valence-electron chi connectivity index (χ4n) is 3.49. The van der Waals surface area contributed by atoms with Gasteiger partial charge in [-0.2, -0.15) is 0 Å². The van der Waals surface area contributed by atoms with Gasteiger partial charge in [-0.1, -0.05) is 57.2 Å². The number of benzene rings is 2. The van der Waals surface area contributed by atoms with Gasteiger partial charge in [-0.3, -0.25) is 9.59 Å². The van der Waals surface area contributed by atoms with Crippen LogP contribution < -0.4 is 10.1 Å². The Bertz CT molecular complexity index is 884. The third-order valence-corrected chi connectivity index (χ3v) is 5.89. The van der Waals surface area contributed by atoms with Crippen LogP contribution in [0.5, 0.6) is 5.75 Å². The maximum absolute atomic E-state index is 13.2. The molecule has 0 aliphatic carbocycles. The van der Waals surface area contributed by atoms with Crippen molar-refractivity contribution in [2.75, 3.05) is 13.2 Å². The van der Waals surface area contributed by atoms with Crippen molar-refractivity contribution >= 4 is 27.7 Å². The molecule has 0 saturated carbocycles. The Morgan fingerprint density at radius 2 is 1.75 bits per heavy atom. The van der Waals surface area contributed by atoms with Crippen molar-refractivity contribution in [3.05, 3.63) is 64.1 Å². The van der Waals surface area contributed by atoms with Crippen molar-refractivity contribution in [3.8, 4) is 5.75 Å². The van der Waals surface area contributed by atoms with E-state index < -0.39 is 6.04 Å². The normalized spacial score (nSPS) is 12.0. The molecule has 0 unspecified atom stereocenters. The zero-order chi connectivity index (χ0) is 23.7. The van der Waals surface area contributed by atoms with Crippen molar-refractivity contribution in [1.82, 2.24) is 10.2 Å². The van der Waals surface area contributed by atoms with Crippen LogP contribution in [0.3, 0.4) is 0 Å². The van der Waals surface area contributed by atoms with Gasteiger partial charge in [0.25, 0.3) is 5.91 Å². The lowest BCUT2D eigenvalue weighted by Crippen LogP contribution is -2.52. The Morgan fingerprint density at radius 1 is 1.06 bits per heavy atom. The molecule has 174 valence electrons. The summed E-state index contributed by atoms with van der Waals surface area (Å²) in [5, 5.41) is 2.95. The fraction of sp³-hybridized carbons (Fsp3) is 0.462. The first-order valence-corrected chi connectivity index (χ1v) is 12.1. The van der Waals surface area contributed by atoms with Gasteiger partial charge >= 0.3 is 0 Å². The molecule has 0 fully saturated rings. The Kier molecular flexibility index (Phi) is 10.2. The third kappa shape index (κ3) is 7.66. The number of carbonyl (C=O) groups excluding carboxylic acids is 2. The van der Waals surface area contributed by atoms with E-state index in [0.717, 1.165) is 10.0 Å². The lowest BCUT2D eigenvalue weighted by molar-refractivity contribution is -0.142. The van der Waals surface area contributed by atoms with E-state index in [1.165, 1.54) is 5.56 Å². The predicted octanol–water partition coefficient (Wildman–Crippen LogP) is 5.33. The number of rotatable bonds is 11. The summed E-state index contributed by atoms with van der Waals surface area (Å²) < 4.78 is 6.67. The molecule has 0 radical (unpaired) electrons. The smallest absolute Gasteiger partial charge is 0.261 e. The lowest BCUT2D eigenvalue weighted by atomic mass is 10.0. The molecule has 0 aliphatic rings. The van der Waals surface area contributed by atoms with E-state index >= 15 is 0 Å². The largest absolute Gasteiger partial charge is 0.483 e. The first-order valence-electron chi connectivity index (χ1n) is 11.3. The van der Waals surface area contributed by atoms with Crippen LogP contribution in [0.15, 0.2) is 53.0 Å². The molecule has 0 saturated heterocycles. The molecule has 0 aliphatic heterocycles. The van der Waals surface area contributed by atoms with Gasteiger partial charge in [-0.05, 0) is 71.8 Å². The van der Waals surface area contributed by atoms with E-state index in [9.17, 15) is 9.59 Å². The average Bonchev–Trinajstić information content (AvgIpc) is 2.75. The summed E-state index contributed by atoms with van der Waals surface area (Å²) in [4.78, 5) is 27.7. The highest BCUT2D eigenvalue weighted by molar-refractivity contribution is 9.10. The molecule has 2 amide bonds. The molecule has 32 heavy (non-hydrogen) atoms. The Hall–Kier alpha value is -2.34. The summed E-state index contributed by atoms with van der Waals surface area (Å²) in [5.41, 5.74) is 2.31. The minimum Gasteiger partial charge on any atom is -0.483 e. The van der Waals surface area contributed by atoms with Crippen LogP contribution in [0.2, 0.25) is 0 Å². The number of ether oxygens (including phenoxy) is 1. The molecule has 1 N–H and O–H groups in total. The molecule has 2 rings (SSSR count). The summed E-state index contributed by atoms with van der Waals surface area (Å²) in [6.07, 6.45) is 1.21. The molecule has 0 heterocycles. The molecule has 0 bridgehead atoms. The molecule has 5 nitrogen and oxygen atoms in total. The number of hydrogen-bond acceptors (Lipinski definition) is 3. The Balaban J connectivity index is 2.15. The Labute approximate surface area is 200 Å². The molecule has 2 aromatic rings. The number of amides is 2. The van der Waals surface area contributed by atoms with Crippen molar-refractivity contribution in [1.29, 1.82) is 0 Å². The van der Waals surface area contributed by atoms with Gasteiger partial charge < -0.3 is 15.0 Å². The van der Waals surface area contributed by atoms with Gasteiger partial charge in [0.2, 0.25) is 5.91 Å². The second kappa shape index (κ2) is 12.6. The van der Waals surface area contributed by atoms with Crippen LogP contribution in [0.25, 0.3) is 0 Å². The molecule has 2 aromatic carbocycles. The average molecular weight is 503 g/mol. The second-order valence-corrected chi connectivity index (χ2v) is 9.40. The molecule has 0 spiro atoms. The van der Waals surface area contributed by atoms with Gasteiger partial charge in [0.05, 0.1) is 4.47 Å². The number of halogens is 1. The minimum absolute atomic E-state index is 0.00861. The molecular weight excluding hydrogens is 468 g/mol. The first kappa shape index (κ1) is 25.9. The predicted molar refractivity (Wildman–Crippen MR) is 133 cm³/mol. The van der Waals surface area contributed by atoms with Crippen LogP contribution in [0.1, 0.15) is 58.1 Å². The standard InChI is InChI=1S/C26H35BrN2O3/c1-6-23(26(31)28-19(4)5)29(15-14-20-10-8-7-9-11-20)25(30)17-32-24-13-12-21(18(2)3)16-22(24)27/h7-13,16,18-19,23H,6,14-15,17H2,1-5H3,(H,28,31)/t23-/m0/s1. The minimum atomic E-state index is -0.538. The SMILES string of the molecule is CC[C@@H](C(=O)NC(C)C)N(CCc1ccccc1)C(=O)COc1ccc(C(C)C)cc1Br. The third-order valence-electron chi connectivity index (χ3n) is 5.27. The van der Waals surface area contributed by atoms with Gasteiger partial charge in [0, 0.05) is 12.6 Å². The quantitative estimate of drug-likeness (QED) is 0.451. The highest BCUT2D eigenvalue weighted by Gasteiger charge is 2.29. The second-order valence-electron chi connectivity index (χ2n) is 8.54. The van der Waals surface area contributed by atoms with Gasteiger partial charge in [-0.15, -0.1) is 0 Å². The summed E-state index contributed by atoms with van der Waals surface area (Å²) >= 11 is 3.54. The van der Waals surface area contributed by atoms with Crippen molar-refractivity contribution in [2.45, 2.75) is 65.5 Å². The van der Waals surface area contributed by atoms with Crippen molar-refractivity contribution in [3.63, 3.8) is 0 Å². The zero-order valence-corrected chi connectivity index (χ0v) is 21.3. The number of hydrogen-bond donors (Lipinski definition) is 1. The van der Waals surface area contributed by atoms with E-state index in [1.54, 1.807) is 4.90 Å². The van der Waals surface area contributed by atoms with Crippen LogP contribution in [0.4, 0.5) is 0 Å². The van der Waals surface area contributed by atoms with Crippen molar-refractivity contribution < 1.29 is 14.3 Å². The van der Waals surface area contributed by atoms with E-state index in [1.807, 2.05) is 69.3 Å². The van der Waals surface area contributed by atoms with E-state index in [2.05, 4.69) is 35.1 Å². The maximum Gasteiger partial charge on any atom is 0.261 e. The van der Waals surface area contributed by atoms with E-state index in [-0.39, 0.29) is 24.5 Å². The first-order chi connectivity index (χ1) is 15.2. The van der Waals surface area contributed by atoms with Crippen LogP contribution in [0, 0.1) is 0 Å². The molecule has 0 aromatic heterocycles. The monoisotopic (exact) mass is 502 g/mol. The fourth-order valence-corrected chi connectivity index (χ4v) is 4.00. The summed E-state index contributed by atoms with van der Waals surface area (Å²) in [5.74, 6) is 0.684. The number of nitrogens with zero attached hydrogens (tertiary/aromatic N) is 1. The Morgan fingerprint density at radius 3 is 2.31 bits per heavy atom. The highest BCUT2D eigenvalue weighted by atomic mass is 79.9. The summed E-state index contributed by atoms with van der Waals surface area (Å²) in [6.45, 7) is 10.3. The van der Waals surface area contributed by atoms with Gasteiger partial charge in [-0.25, -0.2) is 0 Å². The van der Waals surface area contributed by atoms with Gasteiger partial charge in [0.1, 0.15) is 11.8 Å². The van der Waals surface area contributed by atoms with Crippen molar-refractivity contribution in [2.24, 2.45) is 0 Å². The van der Waals surface area contributed by atoms with Crippen LogP contribution in [-0.2, 0) is 16.0 Å². The highest BCUT2D eigenvalue weighted by Crippen LogP contribution is 2.29. The van der Waals surface area contributed by atoms with Crippen LogP contribution in [-0.4, -0.2) is 41.9 Å². The molecular formula is C26H35BrN2O3. The van der Waals surface area contributed by atoms with Gasteiger partial charge in [0.15, 0.2) is 6.61 Å². The number of nitrogens with one attached hydrogen (secondary N) is 1. The molecule has 1 atom stereocenters. The maximum atomic E-state index is 13.2. The lowest BCUT2D eigenvalue weighted by Gasteiger charge is -2.31. The van der Waals surface area contributed by atoms with E-state index in [4.69, 9.17) is 4.74 Å². The van der Waals surface area contributed by atoms with Crippen LogP contribution >= 0.6 is 15.9 Å². The van der Waals surface area contributed by atoms with E-state index in [0.29, 0.717) is 31.1 Å². The molecule has 6 heteroatoms. The summed E-state index contributed by atoms with van der Waals surface area (Å²) in [6, 6.07) is 15.4. The number of carbonyl (C=O) groups is 2.